The molecule has 0 radical (unpaired) electrons. The predicted octanol–water partition coefficient (Wildman–Crippen LogP) is 2.30. The molecule has 8 nitrogen and oxygen atoms in total. The summed E-state index contributed by atoms with van der Waals surface area (Å²) in [6.07, 6.45) is 0. The summed E-state index contributed by atoms with van der Waals surface area (Å²) in [6.45, 7) is 3.68. The van der Waals surface area contributed by atoms with Crippen LogP contribution in [0.25, 0.3) is 0 Å². The van der Waals surface area contributed by atoms with E-state index in [1.165, 1.54) is 11.3 Å². The maximum Gasteiger partial charge on any atom is 0.362 e. The number of carbonyl (C=O) groups is 1. The van der Waals surface area contributed by atoms with Crippen LogP contribution in [0, 0.1) is 24.0 Å². The van der Waals surface area contributed by atoms with Crippen molar-refractivity contribution in [3.8, 4) is 0 Å². The van der Waals surface area contributed by atoms with E-state index >= 15 is 0 Å². The molecule has 0 aliphatic heterocycles. The number of nitrogens with one attached hydrogen (secondary N) is 2. The molecule has 0 aliphatic carbocycles. The van der Waals surface area contributed by atoms with Gasteiger partial charge in [-0.25, -0.2) is 4.98 Å². The lowest BCUT2D eigenvalue weighted by atomic mass is 10.4. The number of rotatable bonds is 3. The number of thiazole rings is 1. The van der Waals surface area contributed by atoms with Gasteiger partial charge in [0, 0.05) is 4.88 Å². The Morgan fingerprint density at radius 2 is 2.21 bits per heavy atom. The second-order valence-corrected chi connectivity index (χ2v) is 5.19. The van der Waals surface area contributed by atoms with Gasteiger partial charge in [0.1, 0.15) is 0 Å². The number of nitrogens with zero attached hydrogens (tertiary/aromatic N) is 3. The number of anilines is 1. The van der Waals surface area contributed by atoms with Gasteiger partial charge in [0.05, 0.1) is 5.69 Å². The van der Waals surface area contributed by atoms with Crippen LogP contribution in [0.2, 0.25) is 5.02 Å². The minimum Gasteiger partial charge on any atom is -0.358 e. The van der Waals surface area contributed by atoms with Crippen molar-refractivity contribution in [1.29, 1.82) is 0 Å². The highest BCUT2D eigenvalue weighted by atomic mass is 35.5. The highest BCUT2D eigenvalue weighted by molar-refractivity contribution is 7.15. The third-order valence-corrected chi connectivity index (χ3v) is 3.68. The molecule has 100 valence electrons. The molecule has 2 aromatic rings. The highest BCUT2D eigenvalue weighted by Gasteiger charge is 2.25. The molecule has 10 heteroatoms. The first-order chi connectivity index (χ1) is 8.90. The number of H-pyrrole nitrogens is 1. The summed E-state index contributed by atoms with van der Waals surface area (Å²) >= 11 is 7.00. The number of hydrogen-bond acceptors (Lipinski definition) is 6. The van der Waals surface area contributed by atoms with Crippen LogP contribution in [0.5, 0.6) is 0 Å². The van der Waals surface area contributed by atoms with E-state index in [9.17, 15) is 14.9 Å². The number of amides is 1. The molecule has 2 rings (SSSR count). The molecule has 0 fully saturated rings. The Kier molecular flexibility index (Phi) is 3.49. The van der Waals surface area contributed by atoms with Gasteiger partial charge in [-0.1, -0.05) is 16.7 Å². The molecule has 0 bridgehead atoms. The Bertz CT molecular complexity index is 645. The van der Waals surface area contributed by atoms with Crippen LogP contribution in [0.3, 0.4) is 0 Å². The predicted molar refractivity (Wildman–Crippen MR) is 69.8 cm³/mol. The smallest absolute Gasteiger partial charge is 0.358 e. The molecular weight excluding hydrogens is 294 g/mol. The lowest BCUT2D eigenvalue weighted by Gasteiger charge is -1.97. The molecule has 2 heterocycles. The van der Waals surface area contributed by atoms with E-state index in [0.717, 1.165) is 10.6 Å². The summed E-state index contributed by atoms with van der Waals surface area (Å²) in [7, 11) is 0. The van der Waals surface area contributed by atoms with E-state index in [4.69, 9.17) is 11.6 Å². The maximum atomic E-state index is 11.9. The molecule has 2 aromatic heterocycles. The molecule has 2 N–H and O–H groups in total. The summed E-state index contributed by atoms with van der Waals surface area (Å²) in [5.41, 5.74) is 0.568. The van der Waals surface area contributed by atoms with Gasteiger partial charge in [0.25, 0.3) is 5.91 Å². The number of aryl methyl sites for hydroxylation is 2. The maximum absolute atomic E-state index is 11.9. The van der Waals surface area contributed by atoms with Crippen molar-refractivity contribution in [2.24, 2.45) is 0 Å². The Morgan fingerprint density at radius 3 is 2.68 bits per heavy atom. The molecule has 0 saturated heterocycles. The third kappa shape index (κ3) is 2.56. The Morgan fingerprint density at radius 1 is 1.53 bits per heavy atom. The largest absolute Gasteiger partial charge is 0.362 e. The number of aromatic amines is 1. The third-order valence-electron chi connectivity index (χ3n) is 2.34. The average molecular weight is 302 g/mol. The monoisotopic (exact) mass is 301 g/mol. The average Bonchev–Trinajstić information content (AvgIpc) is 2.83. The van der Waals surface area contributed by atoms with E-state index in [-0.39, 0.29) is 10.7 Å². The van der Waals surface area contributed by atoms with Crippen molar-refractivity contribution in [3.63, 3.8) is 0 Å². The van der Waals surface area contributed by atoms with E-state index < -0.39 is 16.6 Å². The molecule has 0 aromatic carbocycles. The van der Waals surface area contributed by atoms with Crippen LogP contribution in [0.1, 0.15) is 21.1 Å². The fourth-order valence-electron chi connectivity index (χ4n) is 1.27. The molecule has 0 saturated carbocycles. The fourth-order valence-corrected chi connectivity index (χ4v) is 2.32. The lowest BCUT2D eigenvalue weighted by Crippen LogP contribution is -2.12. The zero-order valence-electron chi connectivity index (χ0n) is 9.85. The number of aromatic nitrogens is 3. The van der Waals surface area contributed by atoms with Crippen LogP contribution in [-0.2, 0) is 0 Å². The summed E-state index contributed by atoms with van der Waals surface area (Å²) in [4.78, 5) is 26.8. The first kappa shape index (κ1) is 13.4. The minimum absolute atomic E-state index is 0.237. The summed E-state index contributed by atoms with van der Waals surface area (Å²) in [5, 5.41) is 18.8. The Labute approximate surface area is 116 Å². The molecule has 0 unspecified atom stereocenters. The second kappa shape index (κ2) is 4.94. The van der Waals surface area contributed by atoms with Crippen LogP contribution in [0.4, 0.5) is 10.9 Å². The van der Waals surface area contributed by atoms with Gasteiger partial charge in [-0.3, -0.25) is 10.1 Å². The summed E-state index contributed by atoms with van der Waals surface area (Å²) < 4.78 is 0. The van der Waals surface area contributed by atoms with Crippen molar-refractivity contribution in [1.82, 2.24) is 15.2 Å². The van der Waals surface area contributed by atoms with E-state index in [1.807, 2.05) is 13.8 Å². The second-order valence-electron chi connectivity index (χ2n) is 3.61. The summed E-state index contributed by atoms with van der Waals surface area (Å²) in [5.74, 6) is -1.17. The minimum atomic E-state index is -0.746. The molecule has 19 heavy (non-hydrogen) atoms. The van der Waals surface area contributed by atoms with Gasteiger partial charge in [-0.2, -0.15) is 0 Å². The van der Waals surface area contributed by atoms with E-state index in [1.54, 1.807) is 0 Å². The van der Waals surface area contributed by atoms with Gasteiger partial charge < -0.3 is 10.1 Å². The number of halogens is 1. The van der Waals surface area contributed by atoms with Gasteiger partial charge in [-0.15, -0.1) is 16.4 Å². The first-order valence-electron chi connectivity index (χ1n) is 5.03. The zero-order chi connectivity index (χ0) is 14.2. The van der Waals surface area contributed by atoms with E-state index in [0.29, 0.717) is 5.13 Å². The highest BCUT2D eigenvalue weighted by Crippen LogP contribution is 2.26. The van der Waals surface area contributed by atoms with Crippen molar-refractivity contribution in [3.05, 3.63) is 31.4 Å². The van der Waals surface area contributed by atoms with Crippen LogP contribution in [-0.4, -0.2) is 26.0 Å². The topological polar surface area (TPSA) is 114 Å². The number of carbonyl (C=O) groups excluding carboxylic acids is 1. The number of nitro groups is 1. The standard InChI is InChI=1S/C9H8ClN5O3S/c1-3-4(2)19-9(11-3)12-8(16)6-5(10)7(14-13-6)15(17)18/h1-2H3,(H,13,14)(H,11,12,16). The molecule has 1 amide bonds. The van der Waals surface area contributed by atoms with Crippen molar-refractivity contribution in [2.45, 2.75) is 13.8 Å². The SMILES string of the molecule is Cc1nc(NC(=O)c2n[nH]c([N+](=O)[O-])c2Cl)sc1C. The van der Waals surface area contributed by atoms with Crippen LogP contribution in [0.15, 0.2) is 0 Å². The Balaban J connectivity index is 2.23. The molecule has 0 atom stereocenters. The van der Waals surface area contributed by atoms with Gasteiger partial charge in [0.2, 0.25) is 0 Å². The Hall–Kier alpha value is -2.00. The van der Waals surface area contributed by atoms with Gasteiger partial charge in [0.15, 0.2) is 15.8 Å². The summed E-state index contributed by atoms with van der Waals surface area (Å²) in [6, 6.07) is 0. The van der Waals surface area contributed by atoms with Crippen LogP contribution >= 0.6 is 22.9 Å². The zero-order valence-corrected chi connectivity index (χ0v) is 11.4. The molecule has 0 aliphatic rings. The van der Waals surface area contributed by atoms with Gasteiger partial charge >= 0.3 is 5.82 Å². The first-order valence-corrected chi connectivity index (χ1v) is 6.23. The van der Waals surface area contributed by atoms with E-state index in [2.05, 4.69) is 20.5 Å². The van der Waals surface area contributed by atoms with Crippen molar-refractivity contribution < 1.29 is 9.72 Å². The lowest BCUT2D eigenvalue weighted by molar-refractivity contribution is -0.389. The fraction of sp³-hybridized carbons (Fsp3) is 0.222. The normalized spacial score (nSPS) is 10.5. The molecular formula is C9H8ClN5O3S. The van der Waals surface area contributed by atoms with Gasteiger partial charge in [-0.05, 0) is 18.8 Å². The molecule has 0 spiro atoms. The van der Waals surface area contributed by atoms with Crippen LogP contribution < -0.4 is 5.32 Å². The van der Waals surface area contributed by atoms with Crippen molar-refractivity contribution >= 4 is 39.8 Å². The number of hydrogen-bond donors (Lipinski definition) is 2. The van der Waals surface area contributed by atoms with Crippen molar-refractivity contribution in [2.75, 3.05) is 5.32 Å². The quantitative estimate of drug-likeness (QED) is 0.667.